The predicted octanol–water partition coefficient (Wildman–Crippen LogP) is 3.88. The quantitative estimate of drug-likeness (QED) is 0.639. The number of hydrogen-bond donors (Lipinski definition) is 1. The summed E-state index contributed by atoms with van der Waals surface area (Å²) in [6, 6.07) is 1.80. The molecule has 0 saturated heterocycles. The van der Waals surface area contributed by atoms with Crippen LogP contribution in [0, 0.1) is 11.8 Å². The van der Waals surface area contributed by atoms with Crippen LogP contribution in [0.4, 0.5) is 0 Å². The van der Waals surface area contributed by atoms with Crippen LogP contribution in [0.15, 0.2) is 18.5 Å². The van der Waals surface area contributed by atoms with Gasteiger partial charge in [-0.25, -0.2) is 0 Å². The summed E-state index contributed by atoms with van der Waals surface area (Å²) < 4.78 is 0.222. The van der Waals surface area contributed by atoms with Crippen LogP contribution in [0.3, 0.4) is 0 Å². The molecule has 120 valence electrons. The molecule has 1 rings (SSSR count). The Labute approximate surface area is 138 Å². The number of nitrogens with zero attached hydrogens (tertiary/aromatic N) is 1. The summed E-state index contributed by atoms with van der Waals surface area (Å²) in [5, 5.41) is 2.93. The van der Waals surface area contributed by atoms with E-state index < -0.39 is 0 Å². The predicted molar refractivity (Wildman–Crippen MR) is 95.2 cm³/mol. The first-order valence-electron chi connectivity index (χ1n) is 7.78. The maximum atomic E-state index is 12.1. The summed E-state index contributed by atoms with van der Waals surface area (Å²) in [5.74, 6) is 7.00. The molecule has 3 nitrogen and oxygen atoms in total. The molecule has 0 unspecified atom stereocenters. The summed E-state index contributed by atoms with van der Waals surface area (Å²) in [4.78, 5) is 16.2. The van der Waals surface area contributed by atoms with E-state index in [0.717, 1.165) is 30.6 Å². The molecule has 1 aromatic rings. The van der Waals surface area contributed by atoms with Gasteiger partial charge in [-0.3, -0.25) is 9.78 Å². The summed E-state index contributed by atoms with van der Waals surface area (Å²) in [7, 11) is 0. The summed E-state index contributed by atoms with van der Waals surface area (Å²) in [6.07, 6.45) is 6.42. The highest BCUT2D eigenvalue weighted by atomic mass is 32.2. The molecule has 1 N–H and O–H groups in total. The van der Waals surface area contributed by atoms with E-state index in [1.807, 2.05) is 11.8 Å². The van der Waals surface area contributed by atoms with Crippen LogP contribution in [0.25, 0.3) is 0 Å². The largest absolute Gasteiger partial charge is 0.351 e. The van der Waals surface area contributed by atoms with Gasteiger partial charge in [0, 0.05) is 41.4 Å². The Balaban J connectivity index is 2.50. The normalized spacial score (nSPS) is 10.7. The van der Waals surface area contributed by atoms with E-state index in [1.165, 1.54) is 0 Å². The monoisotopic (exact) mass is 318 g/mol. The van der Waals surface area contributed by atoms with E-state index in [4.69, 9.17) is 0 Å². The van der Waals surface area contributed by atoms with Crippen LogP contribution < -0.4 is 5.32 Å². The fraction of sp³-hybridized carbons (Fsp3) is 0.556. The molecule has 22 heavy (non-hydrogen) atoms. The molecule has 0 aliphatic carbocycles. The second-order valence-corrected chi connectivity index (χ2v) is 8.01. The highest BCUT2D eigenvalue weighted by Gasteiger charge is 2.11. The lowest BCUT2D eigenvalue weighted by atomic mass is 10.2. The fourth-order valence-electron chi connectivity index (χ4n) is 1.69. The Morgan fingerprint density at radius 2 is 2.14 bits per heavy atom. The SMILES string of the molecule is CCCCC#Cc1cncc(C(=O)NCCSC(C)(C)C)c1. The molecule has 0 aliphatic rings. The Kier molecular flexibility index (Phi) is 8.05. The number of carbonyl (C=O) groups is 1. The minimum Gasteiger partial charge on any atom is -0.351 e. The molecule has 0 bridgehead atoms. The number of unbranched alkanes of at least 4 members (excludes halogenated alkanes) is 2. The van der Waals surface area contributed by atoms with Crippen LogP contribution >= 0.6 is 11.8 Å². The van der Waals surface area contributed by atoms with E-state index in [0.29, 0.717) is 12.1 Å². The molecule has 0 aliphatic heterocycles. The van der Waals surface area contributed by atoms with Crippen LogP contribution in [-0.2, 0) is 0 Å². The molecule has 0 spiro atoms. The fourth-order valence-corrected chi connectivity index (χ4v) is 2.50. The molecule has 0 saturated carbocycles. The molecule has 1 amide bonds. The van der Waals surface area contributed by atoms with Gasteiger partial charge in [0.2, 0.25) is 0 Å². The lowest BCUT2D eigenvalue weighted by Crippen LogP contribution is -2.27. The number of aromatic nitrogens is 1. The highest BCUT2D eigenvalue weighted by Crippen LogP contribution is 2.22. The zero-order chi connectivity index (χ0) is 16.4. The van der Waals surface area contributed by atoms with Gasteiger partial charge in [-0.15, -0.1) is 0 Å². The van der Waals surface area contributed by atoms with Crippen molar-refractivity contribution in [3.05, 3.63) is 29.6 Å². The van der Waals surface area contributed by atoms with Crippen LogP contribution in [-0.4, -0.2) is 27.9 Å². The molecule has 1 aromatic heterocycles. The minimum atomic E-state index is -0.0841. The van der Waals surface area contributed by atoms with Crippen molar-refractivity contribution in [1.29, 1.82) is 0 Å². The van der Waals surface area contributed by atoms with Crippen LogP contribution in [0.5, 0.6) is 0 Å². The topological polar surface area (TPSA) is 42.0 Å². The number of pyridine rings is 1. The smallest absolute Gasteiger partial charge is 0.252 e. The van der Waals surface area contributed by atoms with Crippen molar-refractivity contribution in [2.24, 2.45) is 0 Å². The Morgan fingerprint density at radius 1 is 1.36 bits per heavy atom. The van der Waals surface area contributed by atoms with Crippen molar-refractivity contribution in [2.45, 2.75) is 51.7 Å². The summed E-state index contributed by atoms with van der Waals surface area (Å²) >= 11 is 1.84. The third-order valence-corrected chi connectivity index (χ3v) is 4.09. The number of rotatable bonds is 6. The van der Waals surface area contributed by atoms with Crippen LogP contribution in [0.2, 0.25) is 0 Å². The maximum absolute atomic E-state index is 12.1. The Morgan fingerprint density at radius 3 is 2.82 bits per heavy atom. The van der Waals surface area contributed by atoms with Gasteiger partial charge in [0.25, 0.3) is 5.91 Å². The Bertz CT molecular complexity index is 538. The lowest BCUT2D eigenvalue weighted by molar-refractivity contribution is 0.0955. The summed E-state index contributed by atoms with van der Waals surface area (Å²) in [6.45, 7) is 9.32. The van der Waals surface area contributed by atoms with Crippen molar-refractivity contribution < 1.29 is 4.79 Å². The number of carbonyl (C=O) groups excluding carboxylic acids is 1. The number of hydrogen-bond acceptors (Lipinski definition) is 3. The number of thioether (sulfide) groups is 1. The van der Waals surface area contributed by atoms with E-state index in [2.05, 4.69) is 49.8 Å². The molecule has 0 atom stereocenters. The molecule has 1 heterocycles. The summed E-state index contributed by atoms with van der Waals surface area (Å²) in [5.41, 5.74) is 1.37. The third kappa shape index (κ3) is 8.09. The molecule has 4 heteroatoms. The first-order chi connectivity index (χ1) is 10.4. The van der Waals surface area contributed by atoms with Crippen molar-refractivity contribution in [2.75, 3.05) is 12.3 Å². The van der Waals surface area contributed by atoms with Gasteiger partial charge in [-0.2, -0.15) is 11.8 Å². The first-order valence-corrected chi connectivity index (χ1v) is 8.77. The molecule has 0 radical (unpaired) electrons. The van der Waals surface area contributed by atoms with E-state index in [1.54, 1.807) is 18.5 Å². The van der Waals surface area contributed by atoms with Gasteiger partial charge >= 0.3 is 0 Å². The minimum absolute atomic E-state index is 0.0841. The van der Waals surface area contributed by atoms with Crippen molar-refractivity contribution in [1.82, 2.24) is 10.3 Å². The van der Waals surface area contributed by atoms with Crippen molar-refractivity contribution >= 4 is 17.7 Å². The molecule has 0 aromatic carbocycles. The maximum Gasteiger partial charge on any atom is 0.252 e. The molecular weight excluding hydrogens is 292 g/mol. The second-order valence-electron chi connectivity index (χ2n) is 6.08. The molecule has 0 fully saturated rings. The zero-order valence-electron chi connectivity index (χ0n) is 14.0. The van der Waals surface area contributed by atoms with Crippen molar-refractivity contribution in [3.63, 3.8) is 0 Å². The van der Waals surface area contributed by atoms with E-state index in [9.17, 15) is 4.79 Å². The van der Waals surface area contributed by atoms with Gasteiger partial charge < -0.3 is 5.32 Å². The van der Waals surface area contributed by atoms with Gasteiger partial charge in [-0.1, -0.05) is 46.0 Å². The standard InChI is InChI=1S/C18H26N2OS/c1-5-6-7-8-9-15-12-16(14-19-13-15)17(21)20-10-11-22-18(2,3)4/h12-14H,5-7,10-11H2,1-4H3,(H,20,21). The average molecular weight is 318 g/mol. The van der Waals surface area contributed by atoms with Gasteiger partial charge in [-0.05, 0) is 12.5 Å². The van der Waals surface area contributed by atoms with Gasteiger partial charge in [0.1, 0.15) is 0 Å². The van der Waals surface area contributed by atoms with Crippen molar-refractivity contribution in [3.8, 4) is 11.8 Å². The van der Waals surface area contributed by atoms with Crippen LogP contribution in [0.1, 0.15) is 62.9 Å². The van der Waals surface area contributed by atoms with Gasteiger partial charge in [0.15, 0.2) is 0 Å². The number of nitrogens with one attached hydrogen (secondary N) is 1. The Hall–Kier alpha value is -1.47. The first kappa shape index (κ1) is 18.6. The second kappa shape index (κ2) is 9.53. The van der Waals surface area contributed by atoms with E-state index in [-0.39, 0.29) is 10.7 Å². The highest BCUT2D eigenvalue weighted by molar-refractivity contribution is 8.00. The van der Waals surface area contributed by atoms with Gasteiger partial charge in [0.05, 0.1) is 5.56 Å². The molecular formula is C18H26N2OS. The zero-order valence-corrected chi connectivity index (χ0v) is 14.8. The lowest BCUT2D eigenvalue weighted by Gasteiger charge is -2.17. The third-order valence-electron chi connectivity index (χ3n) is 2.81. The number of amides is 1. The van der Waals surface area contributed by atoms with E-state index >= 15 is 0 Å². The average Bonchev–Trinajstić information content (AvgIpc) is 2.47.